The van der Waals surface area contributed by atoms with Crippen molar-refractivity contribution in [2.45, 2.75) is 9.24 Å². The third-order valence-electron chi connectivity index (χ3n) is 1.93. The second-order valence-corrected chi connectivity index (χ2v) is 6.13. The average molecular weight is 330 g/mol. The fraction of sp³-hybridized carbons (Fsp3) is 0. The van der Waals surface area contributed by atoms with Crippen molar-refractivity contribution >= 4 is 44.9 Å². The predicted octanol–water partition coefficient (Wildman–Crippen LogP) is 3.15. The maximum absolute atomic E-state index is 8.76. The van der Waals surface area contributed by atoms with Crippen LogP contribution in [0.4, 0.5) is 0 Å². The molecule has 0 fully saturated rings. The molecule has 2 rings (SSSR count). The van der Waals surface area contributed by atoms with Gasteiger partial charge in [0.1, 0.15) is 0 Å². The molecule has 0 radical (unpaired) electrons. The van der Waals surface area contributed by atoms with Gasteiger partial charge in [-0.2, -0.15) is 0 Å². The van der Waals surface area contributed by atoms with Gasteiger partial charge in [-0.3, -0.25) is 0 Å². The van der Waals surface area contributed by atoms with E-state index in [4.69, 9.17) is 10.9 Å². The Labute approximate surface area is 115 Å². The van der Waals surface area contributed by atoms with E-state index in [2.05, 4.69) is 26.1 Å². The van der Waals surface area contributed by atoms with E-state index in [-0.39, 0.29) is 5.84 Å². The molecule has 0 aliphatic rings. The molecule has 0 bridgehead atoms. The molecule has 1 aromatic heterocycles. The minimum atomic E-state index is 0.0883. The number of hydrogen-bond acceptors (Lipinski definition) is 5. The largest absolute Gasteiger partial charge is 0.409 e. The lowest BCUT2D eigenvalue weighted by molar-refractivity contribution is 0.318. The van der Waals surface area contributed by atoms with Gasteiger partial charge in [0.25, 0.3) is 0 Å². The molecule has 0 saturated carbocycles. The number of nitrogens with two attached hydrogens (primary N) is 1. The Morgan fingerprint density at radius 3 is 3.00 bits per heavy atom. The molecule has 0 amide bonds. The molecule has 17 heavy (non-hydrogen) atoms. The average Bonchev–Trinajstić information content (AvgIpc) is 2.83. The van der Waals surface area contributed by atoms with Crippen molar-refractivity contribution in [3.63, 3.8) is 0 Å². The minimum Gasteiger partial charge on any atom is -0.409 e. The predicted molar refractivity (Wildman–Crippen MR) is 72.9 cm³/mol. The molecule has 0 aliphatic heterocycles. The molecule has 0 atom stereocenters. The fourth-order valence-electron chi connectivity index (χ4n) is 1.20. The van der Waals surface area contributed by atoms with Crippen molar-refractivity contribution < 1.29 is 5.21 Å². The number of rotatable bonds is 3. The van der Waals surface area contributed by atoms with Crippen molar-refractivity contribution in [2.75, 3.05) is 0 Å². The van der Waals surface area contributed by atoms with Crippen molar-refractivity contribution in [1.29, 1.82) is 0 Å². The van der Waals surface area contributed by atoms with Crippen LogP contribution >= 0.6 is 39.0 Å². The molecule has 7 heteroatoms. The van der Waals surface area contributed by atoms with Gasteiger partial charge < -0.3 is 10.9 Å². The van der Waals surface area contributed by atoms with Gasteiger partial charge in [0.05, 0.1) is 0 Å². The van der Waals surface area contributed by atoms with Crippen LogP contribution in [-0.2, 0) is 0 Å². The van der Waals surface area contributed by atoms with Crippen molar-refractivity contribution in [3.8, 4) is 0 Å². The van der Waals surface area contributed by atoms with E-state index in [1.54, 1.807) is 17.5 Å². The highest BCUT2D eigenvalue weighted by Gasteiger charge is 2.10. The number of nitrogens with zero attached hydrogens (tertiary/aromatic N) is 2. The zero-order chi connectivity index (χ0) is 12.3. The van der Waals surface area contributed by atoms with E-state index < -0.39 is 0 Å². The highest BCUT2D eigenvalue weighted by Crippen LogP contribution is 2.33. The molecule has 88 valence electrons. The zero-order valence-electron chi connectivity index (χ0n) is 8.50. The molecule has 2 aromatic rings. The van der Waals surface area contributed by atoms with Crippen LogP contribution in [0.25, 0.3) is 0 Å². The van der Waals surface area contributed by atoms with Crippen LogP contribution in [0.15, 0.2) is 48.6 Å². The number of aromatic nitrogens is 1. The van der Waals surface area contributed by atoms with E-state index in [9.17, 15) is 0 Å². The van der Waals surface area contributed by atoms with Crippen molar-refractivity contribution in [3.05, 3.63) is 39.8 Å². The Kier molecular flexibility index (Phi) is 4.03. The quantitative estimate of drug-likeness (QED) is 0.392. The van der Waals surface area contributed by atoms with Crippen molar-refractivity contribution in [1.82, 2.24) is 4.98 Å². The van der Waals surface area contributed by atoms with Gasteiger partial charge in [0.15, 0.2) is 10.2 Å². The van der Waals surface area contributed by atoms with Gasteiger partial charge in [0, 0.05) is 26.5 Å². The summed E-state index contributed by atoms with van der Waals surface area (Å²) in [6.45, 7) is 0. The maximum Gasteiger partial charge on any atom is 0.171 e. The Morgan fingerprint density at radius 2 is 2.35 bits per heavy atom. The van der Waals surface area contributed by atoms with Crippen LogP contribution in [-0.4, -0.2) is 16.0 Å². The van der Waals surface area contributed by atoms with E-state index >= 15 is 0 Å². The lowest BCUT2D eigenvalue weighted by Crippen LogP contribution is -2.14. The number of amidine groups is 1. The summed E-state index contributed by atoms with van der Waals surface area (Å²) in [4.78, 5) is 5.09. The molecule has 4 nitrogen and oxygen atoms in total. The first kappa shape index (κ1) is 12.4. The van der Waals surface area contributed by atoms with Gasteiger partial charge in [0.2, 0.25) is 0 Å². The summed E-state index contributed by atoms with van der Waals surface area (Å²) >= 11 is 6.39. The first-order valence-electron chi connectivity index (χ1n) is 4.55. The molecular weight excluding hydrogens is 322 g/mol. The standard InChI is InChI=1S/C10H8BrN3OS2/c11-6-1-2-8(7(5-6)9(12)14-15)17-10-13-3-4-16-10/h1-5,15H,(H2,12,14). The monoisotopic (exact) mass is 329 g/mol. The SMILES string of the molecule is N/C(=N/O)c1cc(Br)ccc1Sc1nccs1. The van der Waals surface area contributed by atoms with Crippen molar-refractivity contribution in [2.24, 2.45) is 10.9 Å². The normalized spacial score (nSPS) is 11.7. The summed E-state index contributed by atoms with van der Waals surface area (Å²) in [6.07, 6.45) is 1.75. The van der Waals surface area contributed by atoms with Gasteiger partial charge in [-0.25, -0.2) is 4.98 Å². The molecule has 3 N–H and O–H groups in total. The first-order valence-corrected chi connectivity index (χ1v) is 7.04. The fourth-order valence-corrected chi connectivity index (χ4v) is 3.26. The second-order valence-electron chi connectivity index (χ2n) is 3.03. The summed E-state index contributed by atoms with van der Waals surface area (Å²) in [5.74, 6) is 0.0883. The molecule has 0 spiro atoms. The van der Waals surface area contributed by atoms with Gasteiger partial charge >= 0.3 is 0 Å². The highest BCUT2D eigenvalue weighted by molar-refractivity contribution is 9.10. The maximum atomic E-state index is 8.76. The number of halogens is 1. The highest BCUT2D eigenvalue weighted by atomic mass is 79.9. The molecule has 0 unspecified atom stereocenters. The zero-order valence-corrected chi connectivity index (χ0v) is 11.7. The summed E-state index contributed by atoms with van der Waals surface area (Å²) in [5, 5.41) is 13.7. The van der Waals surface area contributed by atoms with Gasteiger partial charge in [-0.1, -0.05) is 32.8 Å². The lowest BCUT2D eigenvalue weighted by Gasteiger charge is -2.06. The number of benzene rings is 1. The smallest absolute Gasteiger partial charge is 0.171 e. The van der Waals surface area contributed by atoms with Gasteiger partial charge in [-0.15, -0.1) is 11.3 Å². The third-order valence-corrected chi connectivity index (χ3v) is 4.38. The summed E-state index contributed by atoms with van der Waals surface area (Å²) in [5.41, 5.74) is 6.32. The summed E-state index contributed by atoms with van der Waals surface area (Å²) < 4.78 is 1.79. The summed E-state index contributed by atoms with van der Waals surface area (Å²) in [7, 11) is 0. The van der Waals surface area contributed by atoms with Crippen LogP contribution in [0.5, 0.6) is 0 Å². The van der Waals surface area contributed by atoms with Crippen LogP contribution in [0.1, 0.15) is 5.56 Å². The molecule has 0 saturated heterocycles. The second kappa shape index (κ2) is 5.52. The summed E-state index contributed by atoms with van der Waals surface area (Å²) in [6, 6.07) is 5.62. The van der Waals surface area contributed by atoms with Crippen LogP contribution < -0.4 is 5.73 Å². The molecule has 0 aliphatic carbocycles. The Hall–Kier alpha value is -1.05. The van der Waals surface area contributed by atoms with Crippen LogP contribution in [0, 0.1) is 0 Å². The Balaban J connectivity index is 2.39. The first-order chi connectivity index (χ1) is 8.20. The minimum absolute atomic E-state index is 0.0883. The lowest BCUT2D eigenvalue weighted by atomic mass is 10.2. The van der Waals surface area contributed by atoms with E-state index in [0.29, 0.717) is 5.56 Å². The molecule has 1 heterocycles. The van der Waals surface area contributed by atoms with Gasteiger partial charge in [-0.05, 0) is 18.2 Å². The van der Waals surface area contributed by atoms with Crippen LogP contribution in [0.2, 0.25) is 0 Å². The Bertz CT molecular complexity index is 542. The number of thiazole rings is 1. The van der Waals surface area contributed by atoms with E-state index in [1.807, 2.05) is 23.6 Å². The number of oxime groups is 1. The Morgan fingerprint density at radius 1 is 1.53 bits per heavy atom. The molecule has 1 aromatic carbocycles. The molecular formula is C10H8BrN3OS2. The topological polar surface area (TPSA) is 71.5 Å². The third kappa shape index (κ3) is 2.99. The van der Waals surface area contributed by atoms with E-state index in [0.717, 1.165) is 13.7 Å². The number of hydrogen-bond donors (Lipinski definition) is 2. The van der Waals surface area contributed by atoms with Crippen LogP contribution in [0.3, 0.4) is 0 Å². The van der Waals surface area contributed by atoms with E-state index in [1.165, 1.54) is 11.8 Å².